The molecule has 6 N–H and O–H groups in total. The number of Topliss-reactive ketones (excluding diaryl/α,β-unsaturated/α-hetero) is 1. The van der Waals surface area contributed by atoms with Crippen LogP contribution in [0, 0.1) is 0 Å². The summed E-state index contributed by atoms with van der Waals surface area (Å²) in [7, 11) is 0. The Hall–Kier alpha value is -1.10. The van der Waals surface area contributed by atoms with Gasteiger partial charge in [0.05, 0.1) is 6.61 Å². The summed E-state index contributed by atoms with van der Waals surface area (Å²) >= 11 is 0. The summed E-state index contributed by atoms with van der Waals surface area (Å²) in [5.41, 5.74) is 0. The zero-order chi connectivity index (χ0) is 15.2. The molecule has 0 bridgehead atoms. The number of carboxylic acids is 1. The van der Waals surface area contributed by atoms with Crippen LogP contribution in [0.25, 0.3) is 0 Å². The van der Waals surface area contributed by atoms with Gasteiger partial charge in [0.25, 0.3) is 0 Å². The Labute approximate surface area is 108 Å². The zero-order valence-electron chi connectivity index (χ0n) is 10.2. The molecule has 0 radical (unpaired) electrons. The van der Waals surface area contributed by atoms with Gasteiger partial charge in [-0.05, 0) is 6.92 Å². The van der Waals surface area contributed by atoms with Gasteiger partial charge in [-0.25, -0.2) is 0 Å². The highest BCUT2D eigenvalue weighted by Gasteiger charge is 2.42. The molecule has 19 heavy (non-hydrogen) atoms. The number of carbonyl (C=O) groups is 2. The Balaban J connectivity index is 0.000000399. The summed E-state index contributed by atoms with van der Waals surface area (Å²) in [5, 5.41) is 52.5. The molecule has 1 unspecified atom stereocenters. The number of aliphatic hydroxyl groups is 5. The molecular weight excluding hydrogens is 264 g/mol. The van der Waals surface area contributed by atoms with Crippen LogP contribution in [-0.2, 0) is 14.3 Å². The van der Waals surface area contributed by atoms with Crippen LogP contribution in [0.3, 0.4) is 0 Å². The van der Waals surface area contributed by atoms with Crippen molar-refractivity contribution in [1.29, 1.82) is 0 Å². The van der Waals surface area contributed by atoms with E-state index in [1.54, 1.807) is 0 Å². The van der Waals surface area contributed by atoms with E-state index >= 15 is 0 Å². The number of carbonyl (C=O) groups excluding carboxylic acids is 1. The average Bonchev–Trinajstić information content (AvgIpc) is 2.30. The van der Waals surface area contributed by atoms with Gasteiger partial charge in [0.1, 0.15) is 36.6 Å². The Kier molecular flexibility index (Phi) is 7.68. The van der Waals surface area contributed by atoms with Crippen LogP contribution in [0.2, 0.25) is 0 Å². The van der Waals surface area contributed by atoms with Crippen LogP contribution in [0.4, 0.5) is 0 Å². The number of hydrogen-bond donors (Lipinski definition) is 6. The molecule has 1 heterocycles. The third-order valence-corrected chi connectivity index (χ3v) is 2.27. The number of aliphatic carboxylic acids is 1. The number of aliphatic hydroxyl groups excluding tert-OH is 5. The summed E-state index contributed by atoms with van der Waals surface area (Å²) in [6.45, 7) is 0.718. The van der Waals surface area contributed by atoms with Crippen molar-refractivity contribution in [3.05, 3.63) is 0 Å². The normalized spacial score (nSPS) is 34.1. The largest absolute Gasteiger partial charge is 0.481 e. The summed E-state index contributed by atoms with van der Waals surface area (Å²) in [6.07, 6.45) is -7.40. The molecule has 0 aromatic rings. The molecular formula is C10H18O9. The molecule has 9 nitrogen and oxygen atoms in total. The second-order valence-corrected chi connectivity index (χ2v) is 3.99. The van der Waals surface area contributed by atoms with Gasteiger partial charge in [0.15, 0.2) is 6.29 Å². The van der Waals surface area contributed by atoms with E-state index in [0.717, 1.165) is 0 Å². The summed E-state index contributed by atoms with van der Waals surface area (Å²) in [5.74, 6) is -1.37. The van der Waals surface area contributed by atoms with Crippen molar-refractivity contribution >= 4 is 11.8 Å². The van der Waals surface area contributed by atoms with Gasteiger partial charge in [-0.2, -0.15) is 0 Å². The van der Waals surface area contributed by atoms with E-state index in [0.29, 0.717) is 0 Å². The molecule has 1 rings (SSSR count). The molecule has 0 amide bonds. The van der Waals surface area contributed by atoms with Gasteiger partial charge in [0.2, 0.25) is 0 Å². The lowest BCUT2D eigenvalue weighted by Gasteiger charge is -2.37. The molecule has 0 aromatic carbocycles. The van der Waals surface area contributed by atoms with E-state index in [1.165, 1.54) is 6.92 Å². The molecule has 1 fully saturated rings. The SMILES string of the molecule is CC(=O)CC(=O)O.OC[C@H]1OC(O)[C@H](O)[C@@H](O)[C@@H]1O. The van der Waals surface area contributed by atoms with Gasteiger partial charge < -0.3 is 35.4 Å². The van der Waals surface area contributed by atoms with E-state index in [9.17, 15) is 9.59 Å². The molecule has 0 aliphatic carbocycles. The van der Waals surface area contributed by atoms with Crippen molar-refractivity contribution in [1.82, 2.24) is 0 Å². The average molecular weight is 282 g/mol. The zero-order valence-corrected chi connectivity index (χ0v) is 10.2. The fourth-order valence-corrected chi connectivity index (χ4v) is 1.29. The lowest BCUT2D eigenvalue weighted by Crippen LogP contribution is -2.58. The first-order valence-corrected chi connectivity index (χ1v) is 5.40. The van der Waals surface area contributed by atoms with Crippen molar-refractivity contribution < 1.29 is 45.0 Å². The van der Waals surface area contributed by atoms with Crippen molar-refractivity contribution in [2.45, 2.75) is 44.1 Å². The van der Waals surface area contributed by atoms with Gasteiger partial charge in [-0.15, -0.1) is 0 Å². The predicted octanol–water partition coefficient (Wildman–Crippen LogP) is -3.17. The third-order valence-electron chi connectivity index (χ3n) is 2.27. The first-order valence-electron chi connectivity index (χ1n) is 5.40. The number of rotatable bonds is 3. The molecule has 1 aliphatic heterocycles. The Morgan fingerprint density at radius 2 is 1.58 bits per heavy atom. The molecule has 112 valence electrons. The Morgan fingerprint density at radius 1 is 1.05 bits per heavy atom. The number of carboxylic acid groups (broad SMARTS) is 1. The van der Waals surface area contributed by atoms with E-state index in [2.05, 4.69) is 4.74 Å². The highest BCUT2D eigenvalue weighted by atomic mass is 16.6. The fourth-order valence-electron chi connectivity index (χ4n) is 1.29. The maximum atomic E-state index is 9.87. The topological polar surface area (TPSA) is 165 Å². The van der Waals surface area contributed by atoms with Crippen LogP contribution in [0.5, 0.6) is 0 Å². The monoisotopic (exact) mass is 282 g/mol. The molecule has 9 heteroatoms. The van der Waals surface area contributed by atoms with Gasteiger partial charge in [-0.1, -0.05) is 0 Å². The smallest absolute Gasteiger partial charge is 0.310 e. The van der Waals surface area contributed by atoms with Gasteiger partial charge in [0, 0.05) is 0 Å². The van der Waals surface area contributed by atoms with Crippen molar-refractivity contribution in [3.8, 4) is 0 Å². The lowest BCUT2D eigenvalue weighted by atomic mass is 10.00. The minimum atomic E-state index is -1.57. The maximum Gasteiger partial charge on any atom is 0.310 e. The molecule has 5 atom stereocenters. The first kappa shape index (κ1) is 17.9. The Bertz CT molecular complexity index is 289. The van der Waals surface area contributed by atoms with Crippen molar-refractivity contribution in [2.75, 3.05) is 6.61 Å². The van der Waals surface area contributed by atoms with Gasteiger partial charge >= 0.3 is 5.97 Å². The van der Waals surface area contributed by atoms with E-state index in [-0.39, 0.29) is 12.2 Å². The minimum absolute atomic E-state index is 0.312. The maximum absolute atomic E-state index is 9.87. The van der Waals surface area contributed by atoms with Crippen LogP contribution in [0.1, 0.15) is 13.3 Å². The second-order valence-electron chi connectivity index (χ2n) is 3.99. The molecule has 0 saturated carbocycles. The standard InChI is InChI=1S/C6H12O6.C4H6O3/c7-1-2-3(8)4(9)5(10)6(11)12-2;1-3(5)2-4(6)7/h2-11H,1H2;2H2,1H3,(H,6,7)/t2-,3-,4+,5-,6?;/m1./s1. The minimum Gasteiger partial charge on any atom is -0.481 e. The fraction of sp³-hybridized carbons (Fsp3) is 0.800. The van der Waals surface area contributed by atoms with E-state index in [4.69, 9.17) is 30.6 Å². The van der Waals surface area contributed by atoms with E-state index in [1.807, 2.05) is 0 Å². The molecule has 1 saturated heterocycles. The Morgan fingerprint density at radius 3 is 1.89 bits per heavy atom. The van der Waals surface area contributed by atoms with Crippen LogP contribution >= 0.6 is 0 Å². The summed E-state index contributed by atoms with van der Waals surface area (Å²) < 4.78 is 4.58. The first-order chi connectivity index (χ1) is 8.70. The predicted molar refractivity (Wildman–Crippen MR) is 58.9 cm³/mol. The van der Waals surface area contributed by atoms with Gasteiger partial charge in [-0.3, -0.25) is 9.59 Å². The third kappa shape index (κ3) is 6.05. The molecule has 0 spiro atoms. The number of ketones is 1. The van der Waals surface area contributed by atoms with Crippen LogP contribution in [-0.4, -0.2) is 79.7 Å². The quantitative estimate of drug-likeness (QED) is 0.293. The van der Waals surface area contributed by atoms with Crippen molar-refractivity contribution in [2.24, 2.45) is 0 Å². The lowest BCUT2D eigenvalue weighted by molar-refractivity contribution is -0.286. The molecule has 1 aliphatic rings. The van der Waals surface area contributed by atoms with E-state index < -0.39 is 43.3 Å². The summed E-state index contributed by atoms with van der Waals surface area (Å²) in [4.78, 5) is 19.5. The highest BCUT2D eigenvalue weighted by molar-refractivity contribution is 5.93. The number of hydrogen-bond acceptors (Lipinski definition) is 8. The van der Waals surface area contributed by atoms with Crippen LogP contribution < -0.4 is 0 Å². The summed E-state index contributed by atoms with van der Waals surface area (Å²) in [6, 6.07) is 0. The van der Waals surface area contributed by atoms with Crippen LogP contribution in [0.15, 0.2) is 0 Å². The molecule has 0 aromatic heterocycles. The van der Waals surface area contributed by atoms with Crippen molar-refractivity contribution in [3.63, 3.8) is 0 Å². The highest BCUT2D eigenvalue weighted by Crippen LogP contribution is 2.18. The number of ether oxygens (including phenoxy) is 1. The second kappa shape index (κ2) is 8.15.